The molecule has 19 heavy (non-hydrogen) atoms. The minimum absolute atomic E-state index is 0.310. The van der Waals surface area contributed by atoms with E-state index >= 15 is 0 Å². The predicted octanol–water partition coefficient (Wildman–Crippen LogP) is 3.96. The van der Waals surface area contributed by atoms with E-state index in [1.165, 1.54) is 16.0 Å². The number of hydrogen-bond donors (Lipinski definition) is 2. The largest absolute Gasteiger partial charge is 0.508 e. The van der Waals surface area contributed by atoms with Gasteiger partial charge < -0.3 is 10.4 Å². The standard InChI is InChI=1S/C16H19NOS/c1-12(14-5-9-16(19-2)10-6-14)17-11-13-3-7-15(18)8-4-13/h3-10,12,17-18H,11H2,1-2H3. The Kier molecular flexibility index (Phi) is 4.88. The van der Waals surface area contributed by atoms with Crippen LogP contribution in [-0.2, 0) is 6.54 Å². The Balaban J connectivity index is 1.93. The van der Waals surface area contributed by atoms with Gasteiger partial charge in [-0.3, -0.25) is 0 Å². The third kappa shape index (κ3) is 4.01. The maximum atomic E-state index is 9.24. The topological polar surface area (TPSA) is 32.3 Å². The molecule has 2 N–H and O–H groups in total. The molecule has 0 aliphatic heterocycles. The summed E-state index contributed by atoms with van der Waals surface area (Å²) in [5.74, 6) is 0.310. The van der Waals surface area contributed by atoms with Crippen molar-refractivity contribution in [2.45, 2.75) is 24.4 Å². The van der Waals surface area contributed by atoms with E-state index in [-0.39, 0.29) is 0 Å². The molecule has 0 heterocycles. The van der Waals surface area contributed by atoms with Gasteiger partial charge >= 0.3 is 0 Å². The summed E-state index contributed by atoms with van der Waals surface area (Å²) in [7, 11) is 0. The molecule has 0 saturated carbocycles. The lowest BCUT2D eigenvalue weighted by Gasteiger charge is -2.14. The Bertz CT molecular complexity index is 507. The average Bonchev–Trinajstić information content (AvgIpc) is 2.46. The molecule has 100 valence electrons. The van der Waals surface area contributed by atoms with E-state index in [2.05, 4.69) is 42.8 Å². The van der Waals surface area contributed by atoms with Gasteiger partial charge in [-0.1, -0.05) is 24.3 Å². The molecule has 2 nitrogen and oxygen atoms in total. The molecule has 2 aromatic carbocycles. The van der Waals surface area contributed by atoms with Crippen LogP contribution in [0.15, 0.2) is 53.4 Å². The first-order chi connectivity index (χ1) is 9.19. The fourth-order valence-electron chi connectivity index (χ4n) is 1.90. The second-order valence-electron chi connectivity index (χ2n) is 4.54. The van der Waals surface area contributed by atoms with Gasteiger partial charge in [-0.15, -0.1) is 11.8 Å². The second kappa shape index (κ2) is 6.64. The number of nitrogens with one attached hydrogen (secondary N) is 1. The van der Waals surface area contributed by atoms with Crippen LogP contribution in [0, 0.1) is 0 Å². The van der Waals surface area contributed by atoms with Crippen LogP contribution in [0.5, 0.6) is 5.75 Å². The molecule has 0 saturated heterocycles. The molecular formula is C16H19NOS. The Morgan fingerprint density at radius 1 is 1.05 bits per heavy atom. The number of phenols is 1. The number of aromatic hydroxyl groups is 1. The van der Waals surface area contributed by atoms with Crippen LogP contribution in [0.1, 0.15) is 24.1 Å². The van der Waals surface area contributed by atoms with Crippen LogP contribution in [0.25, 0.3) is 0 Å². The first-order valence-corrected chi connectivity index (χ1v) is 7.57. The molecule has 2 rings (SSSR count). The molecule has 1 atom stereocenters. The fourth-order valence-corrected chi connectivity index (χ4v) is 2.30. The van der Waals surface area contributed by atoms with Crippen LogP contribution in [0.4, 0.5) is 0 Å². The molecule has 0 aliphatic carbocycles. The molecule has 2 aromatic rings. The Morgan fingerprint density at radius 3 is 2.26 bits per heavy atom. The average molecular weight is 273 g/mol. The molecular weight excluding hydrogens is 254 g/mol. The van der Waals surface area contributed by atoms with E-state index in [0.717, 1.165) is 6.54 Å². The Hall–Kier alpha value is -1.45. The quantitative estimate of drug-likeness (QED) is 0.809. The highest BCUT2D eigenvalue weighted by atomic mass is 32.2. The van der Waals surface area contributed by atoms with Crippen LogP contribution in [-0.4, -0.2) is 11.4 Å². The van der Waals surface area contributed by atoms with Crippen molar-refractivity contribution in [3.05, 3.63) is 59.7 Å². The van der Waals surface area contributed by atoms with Crippen LogP contribution in [0.2, 0.25) is 0 Å². The van der Waals surface area contributed by atoms with Crippen molar-refractivity contribution in [2.24, 2.45) is 0 Å². The summed E-state index contributed by atoms with van der Waals surface area (Å²) >= 11 is 1.76. The molecule has 1 unspecified atom stereocenters. The highest BCUT2D eigenvalue weighted by Gasteiger charge is 2.04. The molecule has 3 heteroatoms. The van der Waals surface area contributed by atoms with Gasteiger partial charge in [0.1, 0.15) is 5.75 Å². The van der Waals surface area contributed by atoms with E-state index in [9.17, 15) is 5.11 Å². The summed E-state index contributed by atoms with van der Waals surface area (Å²) in [5.41, 5.74) is 2.46. The lowest BCUT2D eigenvalue weighted by Crippen LogP contribution is -2.17. The number of hydrogen-bond acceptors (Lipinski definition) is 3. The Labute approximate surface area is 118 Å². The maximum absolute atomic E-state index is 9.24. The lowest BCUT2D eigenvalue weighted by molar-refractivity contribution is 0.474. The highest BCUT2D eigenvalue weighted by Crippen LogP contribution is 2.19. The van der Waals surface area contributed by atoms with Crippen molar-refractivity contribution < 1.29 is 5.11 Å². The summed E-state index contributed by atoms with van der Waals surface area (Å²) < 4.78 is 0. The fraction of sp³-hybridized carbons (Fsp3) is 0.250. The van der Waals surface area contributed by atoms with Crippen molar-refractivity contribution in [1.29, 1.82) is 0 Å². The predicted molar refractivity (Wildman–Crippen MR) is 81.6 cm³/mol. The summed E-state index contributed by atoms with van der Waals surface area (Å²) in [5, 5.41) is 12.7. The van der Waals surface area contributed by atoms with Crippen molar-refractivity contribution in [1.82, 2.24) is 5.32 Å². The summed E-state index contributed by atoms with van der Waals surface area (Å²) in [4.78, 5) is 1.29. The first-order valence-electron chi connectivity index (χ1n) is 6.34. The van der Waals surface area contributed by atoms with Crippen molar-refractivity contribution >= 4 is 11.8 Å². The SMILES string of the molecule is CSc1ccc(C(C)NCc2ccc(O)cc2)cc1. The zero-order chi connectivity index (χ0) is 13.7. The monoisotopic (exact) mass is 273 g/mol. The molecule has 0 spiro atoms. The Morgan fingerprint density at radius 2 is 1.68 bits per heavy atom. The van der Waals surface area contributed by atoms with Gasteiger partial charge in [0.15, 0.2) is 0 Å². The van der Waals surface area contributed by atoms with E-state index in [4.69, 9.17) is 0 Å². The van der Waals surface area contributed by atoms with E-state index in [1.54, 1.807) is 23.9 Å². The third-order valence-corrected chi connectivity index (χ3v) is 3.91. The van der Waals surface area contributed by atoms with E-state index in [0.29, 0.717) is 11.8 Å². The van der Waals surface area contributed by atoms with Crippen LogP contribution < -0.4 is 5.32 Å². The smallest absolute Gasteiger partial charge is 0.115 e. The number of benzene rings is 2. The first kappa shape index (κ1) is 14.0. The zero-order valence-electron chi connectivity index (χ0n) is 11.3. The van der Waals surface area contributed by atoms with Gasteiger partial charge in [-0.25, -0.2) is 0 Å². The van der Waals surface area contributed by atoms with Crippen molar-refractivity contribution in [3.8, 4) is 5.75 Å². The maximum Gasteiger partial charge on any atom is 0.115 e. The summed E-state index contributed by atoms with van der Waals surface area (Å²) in [6.45, 7) is 2.96. The molecule has 0 amide bonds. The van der Waals surface area contributed by atoms with Gasteiger partial charge in [-0.05, 0) is 48.6 Å². The second-order valence-corrected chi connectivity index (χ2v) is 5.42. The van der Waals surface area contributed by atoms with Crippen LogP contribution >= 0.6 is 11.8 Å². The molecule has 0 fully saturated rings. The van der Waals surface area contributed by atoms with Gasteiger partial charge in [0, 0.05) is 17.5 Å². The zero-order valence-corrected chi connectivity index (χ0v) is 12.1. The summed E-state index contributed by atoms with van der Waals surface area (Å²) in [6.07, 6.45) is 2.08. The molecule has 0 aromatic heterocycles. The number of rotatable bonds is 5. The third-order valence-electron chi connectivity index (χ3n) is 3.16. The summed E-state index contributed by atoms with van der Waals surface area (Å²) in [6, 6.07) is 16.3. The highest BCUT2D eigenvalue weighted by molar-refractivity contribution is 7.98. The number of thioether (sulfide) groups is 1. The molecule has 0 bridgehead atoms. The minimum Gasteiger partial charge on any atom is -0.508 e. The van der Waals surface area contributed by atoms with Crippen molar-refractivity contribution in [2.75, 3.05) is 6.26 Å². The number of phenolic OH excluding ortho intramolecular Hbond substituents is 1. The minimum atomic E-state index is 0.310. The van der Waals surface area contributed by atoms with Gasteiger partial charge in [0.05, 0.1) is 0 Å². The lowest BCUT2D eigenvalue weighted by atomic mass is 10.1. The van der Waals surface area contributed by atoms with Gasteiger partial charge in [0.2, 0.25) is 0 Å². The normalized spacial score (nSPS) is 12.3. The molecule has 0 aliphatic rings. The van der Waals surface area contributed by atoms with E-state index in [1.807, 2.05) is 12.1 Å². The van der Waals surface area contributed by atoms with E-state index < -0.39 is 0 Å². The molecule has 0 radical (unpaired) electrons. The van der Waals surface area contributed by atoms with Crippen molar-refractivity contribution in [3.63, 3.8) is 0 Å². The van der Waals surface area contributed by atoms with Gasteiger partial charge in [-0.2, -0.15) is 0 Å². The van der Waals surface area contributed by atoms with Crippen LogP contribution in [0.3, 0.4) is 0 Å². The van der Waals surface area contributed by atoms with Gasteiger partial charge in [0.25, 0.3) is 0 Å².